The Hall–Kier alpha value is -1.85. The number of aliphatic hydroxyl groups excluding tert-OH is 2. The van der Waals surface area contributed by atoms with Crippen molar-refractivity contribution in [3.63, 3.8) is 0 Å². The lowest BCUT2D eigenvalue weighted by Crippen LogP contribution is -2.37. The van der Waals surface area contributed by atoms with E-state index in [-0.39, 0.29) is 12.0 Å². The van der Waals surface area contributed by atoms with E-state index in [0.717, 1.165) is 12.1 Å². The third-order valence-corrected chi connectivity index (χ3v) is 3.59. The fourth-order valence-corrected chi connectivity index (χ4v) is 2.29. The van der Waals surface area contributed by atoms with Crippen molar-refractivity contribution in [3.8, 4) is 0 Å². The van der Waals surface area contributed by atoms with Crippen LogP contribution < -0.4 is 0 Å². The zero-order chi connectivity index (χ0) is 15.5. The first-order valence-electron chi connectivity index (χ1n) is 6.42. The SMILES string of the molecule is OCC(CO)(Cc1ccc(F)cc1F)c1cccc(F)c1. The number of rotatable bonds is 5. The largest absolute Gasteiger partial charge is 0.395 e. The predicted molar refractivity (Wildman–Crippen MR) is 72.3 cm³/mol. The van der Waals surface area contributed by atoms with Crippen molar-refractivity contribution in [2.24, 2.45) is 0 Å². The Kier molecular flexibility index (Phi) is 4.65. The lowest BCUT2D eigenvalue weighted by Gasteiger charge is -2.30. The number of aliphatic hydroxyl groups is 2. The normalized spacial score (nSPS) is 11.7. The second-order valence-electron chi connectivity index (χ2n) is 5.02. The minimum Gasteiger partial charge on any atom is -0.395 e. The van der Waals surface area contributed by atoms with Gasteiger partial charge in [0.1, 0.15) is 17.5 Å². The van der Waals surface area contributed by atoms with Gasteiger partial charge in [-0.05, 0) is 35.7 Å². The maximum atomic E-state index is 13.8. The number of benzene rings is 2. The fourth-order valence-electron chi connectivity index (χ4n) is 2.29. The van der Waals surface area contributed by atoms with Crippen LogP contribution in [-0.4, -0.2) is 23.4 Å². The first-order valence-corrected chi connectivity index (χ1v) is 6.42. The molecule has 0 heterocycles. The van der Waals surface area contributed by atoms with Gasteiger partial charge < -0.3 is 10.2 Å². The molecule has 0 saturated carbocycles. The number of halogens is 3. The van der Waals surface area contributed by atoms with Crippen molar-refractivity contribution in [3.05, 3.63) is 71.0 Å². The standard InChI is InChI=1S/C16H15F3O2/c17-13-3-1-2-12(6-13)16(9-20,10-21)8-11-4-5-14(18)7-15(11)19/h1-7,20-21H,8-10H2. The molecule has 0 aromatic heterocycles. The van der Waals surface area contributed by atoms with Crippen LogP contribution >= 0.6 is 0 Å². The first-order chi connectivity index (χ1) is 10.0. The van der Waals surface area contributed by atoms with Crippen molar-refractivity contribution in [1.82, 2.24) is 0 Å². The molecule has 0 saturated heterocycles. The molecule has 2 rings (SSSR count). The highest BCUT2D eigenvalue weighted by Crippen LogP contribution is 2.29. The molecular formula is C16H15F3O2. The average Bonchev–Trinajstić information content (AvgIpc) is 2.47. The smallest absolute Gasteiger partial charge is 0.129 e. The molecule has 2 N–H and O–H groups in total. The summed E-state index contributed by atoms with van der Waals surface area (Å²) in [5.74, 6) is -1.99. The van der Waals surface area contributed by atoms with Crippen LogP contribution in [0.5, 0.6) is 0 Å². The van der Waals surface area contributed by atoms with E-state index in [4.69, 9.17) is 0 Å². The molecule has 0 spiro atoms. The first kappa shape index (κ1) is 15.5. The Morgan fingerprint density at radius 1 is 0.857 bits per heavy atom. The number of hydrogen-bond acceptors (Lipinski definition) is 2. The molecule has 0 unspecified atom stereocenters. The molecule has 0 fully saturated rings. The molecule has 0 aliphatic heterocycles. The van der Waals surface area contributed by atoms with E-state index in [1.807, 2.05) is 0 Å². The Morgan fingerprint density at radius 3 is 2.10 bits per heavy atom. The number of hydrogen-bond donors (Lipinski definition) is 2. The maximum Gasteiger partial charge on any atom is 0.129 e. The van der Waals surface area contributed by atoms with Gasteiger partial charge >= 0.3 is 0 Å². The summed E-state index contributed by atoms with van der Waals surface area (Å²) in [6.45, 7) is -0.993. The Bertz CT molecular complexity index is 625. The van der Waals surface area contributed by atoms with Gasteiger partial charge in [0.2, 0.25) is 0 Å². The topological polar surface area (TPSA) is 40.5 Å². The predicted octanol–water partition coefficient (Wildman–Crippen LogP) is 2.57. The molecule has 112 valence electrons. The van der Waals surface area contributed by atoms with E-state index >= 15 is 0 Å². The highest BCUT2D eigenvalue weighted by Gasteiger charge is 2.32. The summed E-state index contributed by atoms with van der Waals surface area (Å²) >= 11 is 0. The summed E-state index contributed by atoms with van der Waals surface area (Å²) in [5, 5.41) is 19.3. The van der Waals surface area contributed by atoms with Crippen LogP contribution in [0.4, 0.5) is 13.2 Å². The van der Waals surface area contributed by atoms with Gasteiger partial charge in [0.05, 0.1) is 13.2 Å². The van der Waals surface area contributed by atoms with E-state index < -0.39 is 36.1 Å². The molecule has 2 aromatic rings. The van der Waals surface area contributed by atoms with Crippen LogP contribution in [0.2, 0.25) is 0 Å². The van der Waals surface area contributed by atoms with Crippen molar-refractivity contribution in [1.29, 1.82) is 0 Å². The van der Waals surface area contributed by atoms with Gasteiger partial charge in [-0.25, -0.2) is 13.2 Å². The van der Waals surface area contributed by atoms with Gasteiger partial charge in [-0.3, -0.25) is 0 Å². The van der Waals surface area contributed by atoms with Crippen LogP contribution in [-0.2, 0) is 11.8 Å². The highest BCUT2D eigenvalue weighted by atomic mass is 19.1. The van der Waals surface area contributed by atoms with E-state index in [9.17, 15) is 23.4 Å². The molecule has 2 nitrogen and oxygen atoms in total. The van der Waals surface area contributed by atoms with E-state index in [1.54, 1.807) is 6.07 Å². The summed E-state index contributed by atoms with van der Waals surface area (Å²) in [4.78, 5) is 0. The Labute approximate surface area is 120 Å². The summed E-state index contributed by atoms with van der Waals surface area (Å²) in [7, 11) is 0. The zero-order valence-electron chi connectivity index (χ0n) is 11.2. The average molecular weight is 296 g/mol. The molecular weight excluding hydrogens is 281 g/mol. The summed E-state index contributed by atoms with van der Waals surface area (Å²) < 4.78 is 40.1. The van der Waals surface area contributed by atoms with Crippen molar-refractivity contribution >= 4 is 0 Å². The third-order valence-electron chi connectivity index (χ3n) is 3.59. The fraction of sp³-hybridized carbons (Fsp3) is 0.250. The van der Waals surface area contributed by atoms with Gasteiger partial charge in [-0.1, -0.05) is 18.2 Å². The minimum atomic E-state index is -1.24. The highest BCUT2D eigenvalue weighted by molar-refractivity contribution is 5.31. The second-order valence-corrected chi connectivity index (χ2v) is 5.02. The third kappa shape index (κ3) is 3.25. The molecule has 0 aliphatic rings. The summed E-state index contributed by atoms with van der Waals surface area (Å²) in [6, 6.07) is 8.52. The molecule has 5 heteroatoms. The van der Waals surface area contributed by atoms with E-state index in [2.05, 4.69) is 0 Å². The van der Waals surface area contributed by atoms with Crippen LogP contribution in [0.3, 0.4) is 0 Å². The van der Waals surface area contributed by atoms with Crippen molar-refractivity contribution in [2.75, 3.05) is 13.2 Å². The van der Waals surface area contributed by atoms with Crippen LogP contribution in [0.25, 0.3) is 0 Å². The lowest BCUT2D eigenvalue weighted by atomic mass is 9.76. The quantitative estimate of drug-likeness (QED) is 0.890. The van der Waals surface area contributed by atoms with Gasteiger partial charge in [-0.2, -0.15) is 0 Å². The van der Waals surface area contributed by atoms with E-state index in [0.29, 0.717) is 5.56 Å². The Balaban J connectivity index is 2.43. The van der Waals surface area contributed by atoms with Crippen LogP contribution in [0.15, 0.2) is 42.5 Å². The molecule has 0 amide bonds. The zero-order valence-corrected chi connectivity index (χ0v) is 11.2. The van der Waals surface area contributed by atoms with Gasteiger partial charge in [0.25, 0.3) is 0 Å². The maximum absolute atomic E-state index is 13.8. The van der Waals surface area contributed by atoms with Crippen LogP contribution in [0.1, 0.15) is 11.1 Å². The van der Waals surface area contributed by atoms with Gasteiger partial charge in [0.15, 0.2) is 0 Å². The van der Waals surface area contributed by atoms with Gasteiger partial charge in [-0.15, -0.1) is 0 Å². The van der Waals surface area contributed by atoms with Crippen LogP contribution in [0, 0.1) is 17.5 Å². The molecule has 0 radical (unpaired) electrons. The molecule has 21 heavy (non-hydrogen) atoms. The second kappa shape index (κ2) is 6.28. The molecule has 2 aromatic carbocycles. The van der Waals surface area contributed by atoms with E-state index in [1.165, 1.54) is 24.3 Å². The monoisotopic (exact) mass is 296 g/mol. The summed E-state index contributed by atoms with van der Waals surface area (Å²) in [6.07, 6.45) is -0.0738. The minimum absolute atomic E-state index is 0.0738. The molecule has 0 bridgehead atoms. The molecule has 0 atom stereocenters. The lowest BCUT2D eigenvalue weighted by molar-refractivity contribution is 0.115. The van der Waals surface area contributed by atoms with Crippen molar-refractivity contribution < 1.29 is 23.4 Å². The molecule has 0 aliphatic carbocycles. The van der Waals surface area contributed by atoms with Crippen molar-refractivity contribution in [2.45, 2.75) is 11.8 Å². The van der Waals surface area contributed by atoms with Gasteiger partial charge in [0, 0.05) is 11.5 Å². The Morgan fingerprint density at radius 2 is 1.52 bits per heavy atom. The summed E-state index contributed by atoms with van der Waals surface area (Å²) in [5.41, 5.74) is -0.735.